The largest absolute Gasteiger partial charge is 0.383 e. The molecule has 126 valence electrons. The zero-order chi connectivity index (χ0) is 16.8. The molecule has 3 aromatic rings. The molecule has 1 aliphatic rings. The van der Waals surface area contributed by atoms with E-state index in [4.69, 9.17) is 23.1 Å². The summed E-state index contributed by atoms with van der Waals surface area (Å²) < 4.78 is 3.95. The number of aryl methyl sites for hydroxylation is 1. The molecule has 24 heavy (non-hydrogen) atoms. The molecule has 0 radical (unpaired) electrons. The van der Waals surface area contributed by atoms with Crippen LogP contribution < -0.4 is 11.5 Å². The smallest absolute Gasteiger partial charge is 0.226 e. The molecule has 0 unspecified atom stereocenters. The quantitative estimate of drug-likeness (QED) is 0.710. The lowest BCUT2D eigenvalue weighted by Crippen LogP contribution is -2.12. The van der Waals surface area contributed by atoms with Crippen molar-refractivity contribution in [2.24, 2.45) is 18.7 Å². The number of aromatic nitrogens is 5. The number of nitrogens with two attached hydrogens (primary N) is 2. The number of rotatable bonds is 3. The highest BCUT2D eigenvalue weighted by Gasteiger charge is 2.28. The highest BCUT2D eigenvalue weighted by atomic mass is 35.5. The molecule has 8 heteroatoms. The molecule has 0 bridgehead atoms. The van der Waals surface area contributed by atoms with Gasteiger partial charge in [0.1, 0.15) is 11.5 Å². The van der Waals surface area contributed by atoms with Gasteiger partial charge in [0.25, 0.3) is 0 Å². The molecule has 7 nitrogen and oxygen atoms in total. The molecule has 1 aliphatic carbocycles. The van der Waals surface area contributed by atoms with Crippen molar-refractivity contribution in [3.8, 4) is 11.3 Å². The van der Waals surface area contributed by atoms with Crippen molar-refractivity contribution in [2.45, 2.75) is 25.3 Å². The molecule has 0 spiro atoms. The van der Waals surface area contributed by atoms with Gasteiger partial charge >= 0.3 is 0 Å². The van der Waals surface area contributed by atoms with Crippen LogP contribution in [0.2, 0.25) is 5.28 Å². The standard InChI is InChI=1S/C16H20ClN7/c1-23-5-4-12(22-23)11-8-24(10-3-2-9(6-10)7-18)15-13(11)14(19)20-16(17)21-15/h4-5,8-10H,2-3,6-7,18H2,1H3,(H2,19,20,21)/t9-,10+/m1/s1. The SMILES string of the molecule is Cn1ccc(-c2cn([C@H]3CC[C@@H](CN)C3)c3nc(Cl)nc(N)c23)n1. The summed E-state index contributed by atoms with van der Waals surface area (Å²) in [7, 11) is 1.89. The molecule has 4 N–H and O–H groups in total. The first-order valence-electron chi connectivity index (χ1n) is 8.10. The molecular formula is C16H20ClN7. The van der Waals surface area contributed by atoms with Gasteiger partial charge in [-0.3, -0.25) is 4.68 Å². The van der Waals surface area contributed by atoms with Gasteiger partial charge in [-0.1, -0.05) is 0 Å². The first-order chi connectivity index (χ1) is 11.6. The lowest BCUT2D eigenvalue weighted by molar-refractivity contribution is 0.490. The lowest BCUT2D eigenvalue weighted by atomic mass is 10.1. The normalized spacial score (nSPS) is 21.0. The van der Waals surface area contributed by atoms with E-state index in [2.05, 4.69) is 25.8 Å². The van der Waals surface area contributed by atoms with Crippen molar-refractivity contribution in [2.75, 3.05) is 12.3 Å². The molecule has 4 rings (SSSR count). The Morgan fingerprint density at radius 2 is 2.17 bits per heavy atom. The highest BCUT2D eigenvalue weighted by molar-refractivity contribution is 6.29. The lowest BCUT2D eigenvalue weighted by Gasteiger charge is -2.13. The Labute approximate surface area is 144 Å². The summed E-state index contributed by atoms with van der Waals surface area (Å²) in [5.74, 6) is 0.943. The van der Waals surface area contributed by atoms with Gasteiger partial charge < -0.3 is 16.0 Å². The Morgan fingerprint density at radius 3 is 2.83 bits per heavy atom. The van der Waals surface area contributed by atoms with Crippen molar-refractivity contribution in [3.63, 3.8) is 0 Å². The third kappa shape index (κ3) is 2.44. The summed E-state index contributed by atoms with van der Waals surface area (Å²) >= 11 is 6.06. The molecule has 3 aromatic heterocycles. The number of halogens is 1. The van der Waals surface area contributed by atoms with Crippen LogP contribution in [0, 0.1) is 5.92 Å². The molecule has 0 amide bonds. The second-order valence-corrected chi connectivity index (χ2v) is 6.81. The van der Waals surface area contributed by atoms with E-state index in [1.54, 1.807) is 4.68 Å². The molecule has 0 aromatic carbocycles. The van der Waals surface area contributed by atoms with Crippen molar-refractivity contribution >= 4 is 28.5 Å². The van der Waals surface area contributed by atoms with E-state index >= 15 is 0 Å². The first kappa shape index (κ1) is 15.4. The maximum atomic E-state index is 6.16. The maximum absolute atomic E-state index is 6.16. The van der Waals surface area contributed by atoms with E-state index in [1.165, 1.54) is 0 Å². The van der Waals surface area contributed by atoms with Gasteiger partial charge in [-0.2, -0.15) is 10.1 Å². The Hall–Kier alpha value is -2.12. The van der Waals surface area contributed by atoms with E-state index in [0.29, 0.717) is 17.8 Å². The predicted octanol–water partition coefficient (Wildman–Crippen LogP) is 2.37. The number of anilines is 1. The fourth-order valence-corrected chi connectivity index (χ4v) is 3.87. The van der Waals surface area contributed by atoms with E-state index in [0.717, 1.165) is 48.1 Å². The fourth-order valence-electron chi connectivity index (χ4n) is 3.69. The van der Waals surface area contributed by atoms with E-state index in [1.807, 2.05) is 19.3 Å². The second kappa shape index (κ2) is 5.75. The van der Waals surface area contributed by atoms with Gasteiger partial charge in [0.2, 0.25) is 5.28 Å². The van der Waals surface area contributed by atoms with Gasteiger partial charge in [0.15, 0.2) is 0 Å². The minimum atomic E-state index is 0.167. The number of nitrogen functional groups attached to an aromatic ring is 1. The van der Waals surface area contributed by atoms with Crippen LogP contribution in [0.4, 0.5) is 5.82 Å². The average Bonchev–Trinajstić information content (AvgIpc) is 3.24. The van der Waals surface area contributed by atoms with Crippen LogP contribution in [-0.4, -0.2) is 30.9 Å². The average molecular weight is 346 g/mol. The Balaban J connectivity index is 1.91. The molecule has 0 saturated heterocycles. The van der Waals surface area contributed by atoms with Gasteiger partial charge in [-0.05, 0) is 49.4 Å². The third-order valence-electron chi connectivity index (χ3n) is 4.90. The number of hydrogen-bond donors (Lipinski definition) is 2. The Morgan fingerprint density at radius 1 is 1.33 bits per heavy atom. The third-order valence-corrected chi connectivity index (χ3v) is 5.07. The minimum Gasteiger partial charge on any atom is -0.383 e. The van der Waals surface area contributed by atoms with Crippen LogP contribution in [0.1, 0.15) is 25.3 Å². The molecule has 3 heterocycles. The van der Waals surface area contributed by atoms with Crippen molar-refractivity contribution in [1.82, 2.24) is 24.3 Å². The zero-order valence-corrected chi connectivity index (χ0v) is 14.2. The molecule has 2 atom stereocenters. The van der Waals surface area contributed by atoms with Crippen LogP contribution in [0.5, 0.6) is 0 Å². The summed E-state index contributed by atoms with van der Waals surface area (Å²) in [6.07, 6.45) is 7.25. The maximum Gasteiger partial charge on any atom is 0.226 e. The second-order valence-electron chi connectivity index (χ2n) is 6.47. The molecular weight excluding hydrogens is 326 g/mol. The summed E-state index contributed by atoms with van der Waals surface area (Å²) in [5, 5.41) is 5.49. The van der Waals surface area contributed by atoms with Gasteiger partial charge in [0, 0.05) is 31.0 Å². The topological polar surface area (TPSA) is 101 Å². The fraction of sp³-hybridized carbons (Fsp3) is 0.438. The summed E-state index contributed by atoms with van der Waals surface area (Å²) in [5.41, 5.74) is 14.6. The van der Waals surface area contributed by atoms with Crippen LogP contribution in [0.3, 0.4) is 0 Å². The summed E-state index contributed by atoms with van der Waals surface area (Å²) in [4.78, 5) is 8.59. The Kier molecular flexibility index (Phi) is 3.69. The van der Waals surface area contributed by atoms with E-state index in [-0.39, 0.29) is 5.28 Å². The minimum absolute atomic E-state index is 0.167. The molecule has 1 fully saturated rings. The molecule has 1 saturated carbocycles. The van der Waals surface area contributed by atoms with Crippen molar-refractivity contribution < 1.29 is 0 Å². The number of nitrogens with zero attached hydrogens (tertiary/aromatic N) is 5. The summed E-state index contributed by atoms with van der Waals surface area (Å²) in [6.45, 7) is 0.723. The predicted molar refractivity (Wildman–Crippen MR) is 94.6 cm³/mol. The monoisotopic (exact) mass is 345 g/mol. The first-order valence-corrected chi connectivity index (χ1v) is 8.48. The van der Waals surface area contributed by atoms with Gasteiger partial charge in [-0.25, -0.2) is 4.98 Å². The van der Waals surface area contributed by atoms with Crippen LogP contribution >= 0.6 is 11.6 Å². The molecule has 0 aliphatic heterocycles. The van der Waals surface area contributed by atoms with Crippen molar-refractivity contribution in [3.05, 3.63) is 23.7 Å². The zero-order valence-electron chi connectivity index (χ0n) is 13.5. The van der Waals surface area contributed by atoms with Crippen molar-refractivity contribution in [1.29, 1.82) is 0 Å². The van der Waals surface area contributed by atoms with Crippen LogP contribution in [0.15, 0.2) is 18.5 Å². The highest BCUT2D eigenvalue weighted by Crippen LogP contribution is 2.40. The number of hydrogen-bond acceptors (Lipinski definition) is 5. The van der Waals surface area contributed by atoms with Crippen LogP contribution in [-0.2, 0) is 7.05 Å². The van der Waals surface area contributed by atoms with Crippen LogP contribution in [0.25, 0.3) is 22.3 Å². The van der Waals surface area contributed by atoms with Gasteiger partial charge in [0.05, 0.1) is 11.1 Å². The number of fused-ring (bicyclic) bond motifs is 1. The van der Waals surface area contributed by atoms with Gasteiger partial charge in [-0.15, -0.1) is 0 Å². The summed E-state index contributed by atoms with van der Waals surface area (Å²) in [6, 6.07) is 2.31. The van der Waals surface area contributed by atoms with E-state index in [9.17, 15) is 0 Å². The van der Waals surface area contributed by atoms with E-state index < -0.39 is 0 Å². The Bertz CT molecular complexity index is 897.